The number of aromatic nitrogens is 3. The largest absolute Gasteiger partial charge is 0.476 e. The summed E-state index contributed by atoms with van der Waals surface area (Å²) in [6.45, 7) is 6.75. The Labute approximate surface area is 123 Å². The van der Waals surface area contributed by atoms with Crippen LogP contribution in [-0.4, -0.2) is 56.6 Å². The van der Waals surface area contributed by atoms with E-state index >= 15 is 0 Å². The summed E-state index contributed by atoms with van der Waals surface area (Å²) in [7, 11) is 0. The molecule has 0 radical (unpaired) electrons. The summed E-state index contributed by atoms with van der Waals surface area (Å²) in [5, 5.41) is 18.7. The van der Waals surface area contributed by atoms with Gasteiger partial charge < -0.3 is 15.3 Å². The first-order valence-corrected chi connectivity index (χ1v) is 7.04. The van der Waals surface area contributed by atoms with Crippen LogP contribution >= 0.6 is 0 Å². The highest BCUT2D eigenvalue weighted by Gasteiger charge is 2.27. The molecule has 0 spiro atoms. The van der Waals surface area contributed by atoms with Crippen LogP contribution in [-0.2, 0) is 6.54 Å². The van der Waals surface area contributed by atoms with Gasteiger partial charge in [0.05, 0.1) is 12.7 Å². The number of rotatable bonds is 4. The van der Waals surface area contributed by atoms with E-state index in [-0.39, 0.29) is 11.7 Å². The van der Waals surface area contributed by atoms with Gasteiger partial charge in [-0.05, 0) is 18.3 Å². The number of piperidine rings is 1. The number of carbonyl (C=O) groups is 2. The Kier molecular flexibility index (Phi) is 4.44. The Balaban J connectivity index is 1.73. The van der Waals surface area contributed by atoms with Crippen LogP contribution in [0.3, 0.4) is 0 Å². The monoisotopic (exact) mass is 295 g/mol. The molecule has 0 aliphatic carbocycles. The molecule has 1 aromatic rings. The molecule has 2 N–H and O–H groups in total. The number of carboxylic acids is 1. The normalized spacial score (nSPS) is 17.5. The lowest BCUT2D eigenvalue weighted by molar-refractivity contribution is 0.0690. The van der Waals surface area contributed by atoms with Gasteiger partial charge in [-0.3, -0.25) is 0 Å². The molecule has 116 valence electrons. The fourth-order valence-electron chi connectivity index (χ4n) is 2.21. The van der Waals surface area contributed by atoms with E-state index in [2.05, 4.69) is 29.5 Å². The maximum absolute atomic E-state index is 12.0. The Bertz CT molecular complexity index is 516. The Morgan fingerprint density at radius 1 is 1.38 bits per heavy atom. The van der Waals surface area contributed by atoms with Crippen LogP contribution in [0.2, 0.25) is 0 Å². The number of nitrogens with zero attached hydrogens (tertiary/aromatic N) is 4. The van der Waals surface area contributed by atoms with E-state index in [1.165, 1.54) is 10.9 Å². The highest BCUT2D eigenvalue weighted by Crippen LogP contribution is 2.29. The smallest absolute Gasteiger partial charge is 0.358 e. The minimum Gasteiger partial charge on any atom is -0.476 e. The Morgan fingerprint density at radius 2 is 2.05 bits per heavy atom. The number of urea groups is 1. The van der Waals surface area contributed by atoms with Crippen molar-refractivity contribution in [1.82, 2.24) is 25.2 Å². The standard InChI is InChI=1S/C13H21N5O3/c1-13(2)3-6-17(7-4-13)12(21)14-5-8-18-9-10(11(19)20)15-16-18/h9H,3-8H2,1-2H3,(H,14,21)(H,19,20). The summed E-state index contributed by atoms with van der Waals surface area (Å²) in [4.78, 5) is 24.5. The minimum atomic E-state index is -1.11. The van der Waals surface area contributed by atoms with Gasteiger partial charge in [0, 0.05) is 19.6 Å². The van der Waals surface area contributed by atoms with Gasteiger partial charge in [-0.15, -0.1) is 5.10 Å². The van der Waals surface area contributed by atoms with E-state index in [4.69, 9.17) is 5.11 Å². The maximum Gasteiger partial charge on any atom is 0.358 e. The zero-order valence-corrected chi connectivity index (χ0v) is 12.4. The molecule has 1 aliphatic rings. The third-order valence-corrected chi connectivity index (χ3v) is 3.78. The van der Waals surface area contributed by atoms with E-state index in [0.29, 0.717) is 18.5 Å². The van der Waals surface area contributed by atoms with Crippen molar-refractivity contribution in [2.75, 3.05) is 19.6 Å². The van der Waals surface area contributed by atoms with Gasteiger partial charge in [0.1, 0.15) is 0 Å². The van der Waals surface area contributed by atoms with Crippen molar-refractivity contribution in [3.63, 3.8) is 0 Å². The summed E-state index contributed by atoms with van der Waals surface area (Å²) in [6, 6.07) is -0.0796. The van der Waals surface area contributed by atoms with Crippen LogP contribution in [0, 0.1) is 5.41 Å². The Hall–Kier alpha value is -2.12. The molecule has 0 bridgehead atoms. The topological polar surface area (TPSA) is 100 Å². The van der Waals surface area contributed by atoms with E-state index in [1.54, 1.807) is 0 Å². The van der Waals surface area contributed by atoms with Crippen molar-refractivity contribution in [2.24, 2.45) is 5.41 Å². The van der Waals surface area contributed by atoms with Crippen LogP contribution in [0.1, 0.15) is 37.2 Å². The van der Waals surface area contributed by atoms with Gasteiger partial charge in [-0.1, -0.05) is 19.1 Å². The van der Waals surface area contributed by atoms with Crippen molar-refractivity contribution in [1.29, 1.82) is 0 Å². The zero-order chi connectivity index (χ0) is 15.5. The van der Waals surface area contributed by atoms with Crippen LogP contribution < -0.4 is 5.32 Å². The summed E-state index contributed by atoms with van der Waals surface area (Å²) in [6.07, 6.45) is 3.36. The average Bonchev–Trinajstić information content (AvgIpc) is 2.87. The highest BCUT2D eigenvalue weighted by atomic mass is 16.4. The number of amides is 2. The predicted octanol–water partition coefficient (Wildman–Crippen LogP) is 0.808. The molecule has 2 rings (SSSR count). The minimum absolute atomic E-state index is 0.0796. The molecule has 0 unspecified atom stereocenters. The molecule has 1 fully saturated rings. The number of nitrogens with one attached hydrogen (secondary N) is 1. The molecule has 21 heavy (non-hydrogen) atoms. The molecule has 1 aliphatic heterocycles. The Morgan fingerprint density at radius 3 is 2.62 bits per heavy atom. The molecule has 1 saturated heterocycles. The van der Waals surface area contributed by atoms with Crippen LogP contribution in [0.15, 0.2) is 6.20 Å². The molecule has 2 heterocycles. The van der Waals surface area contributed by atoms with Gasteiger partial charge in [0.2, 0.25) is 0 Å². The predicted molar refractivity (Wildman–Crippen MR) is 75.0 cm³/mol. The maximum atomic E-state index is 12.0. The molecule has 8 heteroatoms. The first-order chi connectivity index (χ1) is 9.87. The summed E-state index contributed by atoms with van der Waals surface area (Å²) in [5.74, 6) is -1.11. The zero-order valence-electron chi connectivity index (χ0n) is 12.4. The van der Waals surface area contributed by atoms with E-state index in [0.717, 1.165) is 25.9 Å². The fraction of sp³-hybridized carbons (Fsp3) is 0.692. The molecule has 0 aromatic carbocycles. The second-order valence-electron chi connectivity index (χ2n) is 6.06. The van der Waals surface area contributed by atoms with Crippen LogP contribution in [0.4, 0.5) is 4.79 Å². The molecular weight excluding hydrogens is 274 g/mol. The number of hydrogen-bond acceptors (Lipinski definition) is 4. The molecule has 8 nitrogen and oxygen atoms in total. The van der Waals surface area contributed by atoms with E-state index < -0.39 is 5.97 Å². The van der Waals surface area contributed by atoms with Gasteiger partial charge in [-0.2, -0.15) is 0 Å². The van der Waals surface area contributed by atoms with Crippen molar-refractivity contribution in [3.05, 3.63) is 11.9 Å². The summed E-state index contributed by atoms with van der Waals surface area (Å²) >= 11 is 0. The number of likely N-dealkylation sites (tertiary alicyclic amines) is 1. The third-order valence-electron chi connectivity index (χ3n) is 3.78. The molecule has 0 saturated carbocycles. The van der Waals surface area contributed by atoms with E-state index in [1.807, 2.05) is 4.90 Å². The summed E-state index contributed by atoms with van der Waals surface area (Å²) < 4.78 is 1.41. The fourth-order valence-corrected chi connectivity index (χ4v) is 2.21. The van der Waals surface area contributed by atoms with Crippen molar-refractivity contribution < 1.29 is 14.7 Å². The third kappa shape index (κ3) is 4.17. The van der Waals surface area contributed by atoms with Gasteiger partial charge >= 0.3 is 12.0 Å². The lowest BCUT2D eigenvalue weighted by Gasteiger charge is -2.36. The first-order valence-electron chi connectivity index (χ1n) is 7.04. The summed E-state index contributed by atoms with van der Waals surface area (Å²) in [5.41, 5.74) is 0.213. The lowest BCUT2D eigenvalue weighted by atomic mass is 9.83. The van der Waals surface area contributed by atoms with Crippen molar-refractivity contribution in [2.45, 2.75) is 33.2 Å². The first kappa shape index (κ1) is 15.3. The molecular formula is C13H21N5O3. The second kappa shape index (κ2) is 6.11. The van der Waals surface area contributed by atoms with E-state index in [9.17, 15) is 9.59 Å². The second-order valence-corrected chi connectivity index (χ2v) is 6.06. The number of carboxylic acid groups (broad SMARTS) is 1. The molecule has 0 atom stereocenters. The average molecular weight is 295 g/mol. The van der Waals surface area contributed by atoms with Gasteiger partial charge in [0.25, 0.3) is 0 Å². The SMILES string of the molecule is CC1(C)CCN(C(=O)NCCn2cc(C(=O)O)nn2)CC1. The molecule has 2 amide bonds. The molecule has 1 aromatic heterocycles. The highest BCUT2D eigenvalue weighted by molar-refractivity contribution is 5.84. The van der Waals surface area contributed by atoms with Crippen molar-refractivity contribution in [3.8, 4) is 0 Å². The number of carbonyl (C=O) groups excluding carboxylic acids is 1. The lowest BCUT2D eigenvalue weighted by Crippen LogP contribution is -2.46. The van der Waals surface area contributed by atoms with Crippen LogP contribution in [0.25, 0.3) is 0 Å². The van der Waals surface area contributed by atoms with Crippen molar-refractivity contribution >= 4 is 12.0 Å². The van der Waals surface area contributed by atoms with Gasteiger partial charge in [-0.25, -0.2) is 14.3 Å². The van der Waals surface area contributed by atoms with Crippen LogP contribution in [0.5, 0.6) is 0 Å². The number of hydrogen-bond donors (Lipinski definition) is 2. The number of aromatic carboxylic acids is 1. The quantitative estimate of drug-likeness (QED) is 0.856. The van der Waals surface area contributed by atoms with Gasteiger partial charge in [0.15, 0.2) is 5.69 Å².